The summed E-state index contributed by atoms with van der Waals surface area (Å²) in [5.74, 6) is 0.0208. The van der Waals surface area contributed by atoms with Gasteiger partial charge in [-0.2, -0.15) is 5.10 Å². The third-order valence-electron chi connectivity index (χ3n) is 2.44. The maximum Gasteiger partial charge on any atom is 0.208 e. The lowest BCUT2D eigenvalue weighted by Gasteiger charge is -2.02. The van der Waals surface area contributed by atoms with Crippen molar-refractivity contribution in [2.45, 2.75) is 19.3 Å². The van der Waals surface area contributed by atoms with Gasteiger partial charge >= 0.3 is 0 Å². The molecule has 0 aliphatic heterocycles. The van der Waals surface area contributed by atoms with Gasteiger partial charge in [-0.1, -0.05) is 17.7 Å². The van der Waals surface area contributed by atoms with Crippen LogP contribution in [0.4, 0.5) is 0 Å². The first kappa shape index (κ1) is 9.46. The van der Waals surface area contributed by atoms with E-state index < -0.39 is 0 Å². The normalized spacial score (nSPS) is 15.7. The summed E-state index contributed by atoms with van der Waals surface area (Å²) in [5.41, 5.74) is 1.37. The van der Waals surface area contributed by atoms with Crippen LogP contribution in [0.25, 0.3) is 0 Å². The molecule has 14 heavy (non-hydrogen) atoms. The third-order valence-corrected chi connectivity index (χ3v) is 2.72. The number of Topliss-reactive ketones (excluding diaryl/α,β-unsaturated/α-hetero) is 1. The van der Waals surface area contributed by atoms with Crippen LogP contribution in [0.3, 0.4) is 0 Å². The molecule has 1 aromatic rings. The lowest BCUT2D eigenvalue weighted by Crippen LogP contribution is -2.09. The summed E-state index contributed by atoms with van der Waals surface area (Å²) in [6, 6.07) is 0. The highest BCUT2D eigenvalue weighted by molar-refractivity contribution is 6.34. The molecule has 3 nitrogen and oxygen atoms in total. The molecule has 1 aliphatic carbocycles. The number of ketones is 1. The first-order valence-electron chi connectivity index (χ1n) is 4.61. The van der Waals surface area contributed by atoms with Crippen LogP contribution in [0.5, 0.6) is 0 Å². The Kier molecular flexibility index (Phi) is 2.42. The topological polar surface area (TPSA) is 34.9 Å². The van der Waals surface area contributed by atoms with Gasteiger partial charge < -0.3 is 0 Å². The predicted octanol–water partition coefficient (Wildman–Crippen LogP) is 2.37. The molecule has 0 fully saturated rings. The van der Waals surface area contributed by atoms with Gasteiger partial charge in [-0.25, -0.2) is 0 Å². The largest absolute Gasteiger partial charge is 0.287 e. The highest BCUT2D eigenvalue weighted by atomic mass is 35.5. The minimum atomic E-state index is 0.0208. The molecule has 4 heteroatoms. The summed E-state index contributed by atoms with van der Waals surface area (Å²) in [5, 5.41) is 4.38. The second kappa shape index (κ2) is 3.58. The number of carbonyl (C=O) groups excluding carboxylic acids is 1. The van der Waals surface area contributed by atoms with Crippen LogP contribution in [0.2, 0.25) is 5.02 Å². The molecule has 74 valence electrons. The zero-order chi connectivity index (χ0) is 10.1. The maximum absolute atomic E-state index is 11.9. The molecule has 0 aromatic carbocycles. The second-order valence-corrected chi connectivity index (χ2v) is 3.82. The van der Waals surface area contributed by atoms with Crippen LogP contribution >= 0.6 is 11.6 Å². The zero-order valence-electron chi connectivity index (χ0n) is 7.96. The van der Waals surface area contributed by atoms with E-state index in [1.165, 1.54) is 10.9 Å². The summed E-state index contributed by atoms with van der Waals surface area (Å²) < 4.78 is 1.53. The van der Waals surface area contributed by atoms with Gasteiger partial charge in [-0.15, -0.1) is 0 Å². The van der Waals surface area contributed by atoms with Gasteiger partial charge in [0.2, 0.25) is 5.78 Å². The van der Waals surface area contributed by atoms with E-state index in [0.717, 1.165) is 24.8 Å². The lowest BCUT2D eigenvalue weighted by atomic mass is 10.1. The molecule has 0 bridgehead atoms. The van der Waals surface area contributed by atoms with Crippen molar-refractivity contribution < 1.29 is 4.79 Å². The van der Waals surface area contributed by atoms with E-state index in [4.69, 9.17) is 11.6 Å². The Morgan fingerprint density at radius 1 is 1.64 bits per heavy atom. The van der Waals surface area contributed by atoms with Gasteiger partial charge in [-0.05, 0) is 24.8 Å². The molecule has 0 N–H and O–H groups in total. The number of carbonyl (C=O) groups is 1. The quantitative estimate of drug-likeness (QED) is 0.703. The van der Waals surface area contributed by atoms with E-state index >= 15 is 0 Å². The molecule has 0 saturated heterocycles. The van der Waals surface area contributed by atoms with Gasteiger partial charge in [0, 0.05) is 7.05 Å². The Morgan fingerprint density at radius 3 is 2.93 bits per heavy atom. The second-order valence-electron chi connectivity index (χ2n) is 3.42. The zero-order valence-corrected chi connectivity index (χ0v) is 8.71. The molecule has 1 heterocycles. The van der Waals surface area contributed by atoms with E-state index in [0.29, 0.717) is 10.7 Å². The average Bonchev–Trinajstić information content (AvgIpc) is 2.75. The highest BCUT2D eigenvalue weighted by Crippen LogP contribution is 2.24. The number of hydrogen-bond donors (Lipinski definition) is 0. The van der Waals surface area contributed by atoms with E-state index in [1.807, 2.05) is 6.08 Å². The molecule has 0 spiro atoms. The van der Waals surface area contributed by atoms with Gasteiger partial charge in [-0.3, -0.25) is 9.48 Å². The van der Waals surface area contributed by atoms with Crippen molar-refractivity contribution in [3.05, 3.63) is 28.6 Å². The minimum absolute atomic E-state index is 0.0208. The smallest absolute Gasteiger partial charge is 0.208 e. The molecule has 1 aliphatic rings. The van der Waals surface area contributed by atoms with Gasteiger partial charge in [0.15, 0.2) is 0 Å². The SMILES string of the molecule is Cn1ncc(Cl)c1C(=O)C1=CCCC1. The monoisotopic (exact) mass is 210 g/mol. The van der Waals surface area contributed by atoms with Crippen molar-refractivity contribution in [2.75, 3.05) is 0 Å². The van der Waals surface area contributed by atoms with Crippen molar-refractivity contribution in [1.82, 2.24) is 9.78 Å². The first-order valence-corrected chi connectivity index (χ1v) is 4.99. The van der Waals surface area contributed by atoms with Crippen LogP contribution in [0.15, 0.2) is 17.8 Å². The van der Waals surface area contributed by atoms with E-state index in [1.54, 1.807) is 7.05 Å². The minimum Gasteiger partial charge on any atom is -0.287 e. The standard InChI is InChI=1S/C10H11ClN2O/c1-13-9(8(11)6-12-13)10(14)7-4-2-3-5-7/h4,6H,2-3,5H2,1H3. The molecule has 2 rings (SSSR count). The number of nitrogens with zero attached hydrogens (tertiary/aromatic N) is 2. The molecule has 0 atom stereocenters. The molecule has 1 aromatic heterocycles. The van der Waals surface area contributed by atoms with Crippen molar-refractivity contribution >= 4 is 17.4 Å². The first-order chi connectivity index (χ1) is 6.70. The fourth-order valence-corrected chi connectivity index (χ4v) is 1.95. The number of halogens is 1. The Hall–Kier alpha value is -1.09. The van der Waals surface area contributed by atoms with Gasteiger partial charge in [0.05, 0.1) is 11.2 Å². The van der Waals surface area contributed by atoms with Crippen molar-refractivity contribution in [3.8, 4) is 0 Å². The molecule has 0 amide bonds. The number of aromatic nitrogens is 2. The summed E-state index contributed by atoms with van der Waals surface area (Å²) in [4.78, 5) is 11.9. The van der Waals surface area contributed by atoms with Crippen molar-refractivity contribution in [3.63, 3.8) is 0 Å². The molecular weight excluding hydrogens is 200 g/mol. The molecule has 0 unspecified atom stereocenters. The lowest BCUT2D eigenvalue weighted by molar-refractivity contribution is 0.102. The molecule has 0 radical (unpaired) electrons. The van der Waals surface area contributed by atoms with Crippen molar-refractivity contribution in [2.24, 2.45) is 7.05 Å². The summed E-state index contributed by atoms with van der Waals surface area (Å²) in [6.45, 7) is 0. The molecule has 0 saturated carbocycles. The summed E-state index contributed by atoms with van der Waals surface area (Å²) in [6.07, 6.45) is 6.42. The van der Waals surface area contributed by atoms with Gasteiger partial charge in [0.1, 0.15) is 5.69 Å². The Labute approximate surface area is 87.4 Å². The summed E-state index contributed by atoms with van der Waals surface area (Å²) >= 11 is 5.89. The fourth-order valence-electron chi connectivity index (χ4n) is 1.70. The van der Waals surface area contributed by atoms with E-state index in [2.05, 4.69) is 5.10 Å². The predicted molar refractivity (Wildman–Crippen MR) is 54.5 cm³/mol. The third kappa shape index (κ3) is 1.48. The van der Waals surface area contributed by atoms with Crippen LogP contribution in [0, 0.1) is 0 Å². The van der Waals surface area contributed by atoms with Crippen LogP contribution in [0.1, 0.15) is 29.8 Å². The van der Waals surface area contributed by atoms with Crippen LogP contribution < -0.4 is 0 Å². The van der Waals surface area contributed by atoms with E-state index in [9.17, 15) is 4.79 Å². The van der Waals surface area contributed by atoms with Gasteiger partial charge in [0.25, 0.3) is 0 Å². The fraction of sp³-hybridized carbons (Fsp3) is 0.400. The highest BCUT2D eigenvalue weighted by Gasteiger charge is 2.21. The van der Waals surface area contributed by atoms with Crippen molar-refractivity contribution in [1.29, 1.82) is 0 Å². The number of aryl methyl sites for hydroxylation is 1. The van der Waals surface area contributed by atoms with Crippen LogP contribution in [-0.4, -0.2) is 15.6 Å². The number of allylic oxidation sites excluding steroid dienone is 2. The summed E-state index contributed by atoms with van der Waals surface area (Å²) in [7, 11) is 1.73. The number of rotatable bonds is 2. The Morgan fingerprint density at radius 2 is 2.43 bits per heavy atom. The Bertz CT molecular complexity index is 387. The van der Waals surface area contributed by atoms with E-state index in [-0.39, 0.29) is 5.78 Å². The average molecular weight is 211 g/mol. The number of hydrogen-bond acceptors (Lipinski definition) is 2. The Balaban J connectivity index is 2.35. The maximum atomic E-state index is 11.9. The van der Waals surface area contributed by atoms with Crippen LogP contribution in [-0.2, 0) is 7.05 Å². The molecular formula is C10H11ClN2O.